The largest absolute Gasteiger partial charge is 0.355 e. The summed E-state index contributed by atoms with van der Waals surface area (Å²) in [6, 6.07) is 11.6. The van der Waals surface area contributed by atoms with Gasteiger partial charge in [0, 0.05) is 24.3 Å². The molecule has 1 aromatic heterocycles. The van der Waals surface area contributed by atoms with Crippen molar-refractivity contribution >= 4 is 27.5 Å². The summed E-state index contributed by atoms with van der Waals surface area (Å²) in [5, 5.41) is 0. The number of hydrogen-bond acceptors (Lipinski definition) is 3. The summed E-state index contributed by atoms with van der Waals surface area (Å²) in [4.78, 5) is 17.9. The van der Waals surface area contributed by atoms with Gasteiger partial charge in [-0.15, -0.1) is 0 Å². The monoisotopic (exact) mass is 318 g/mol. The van der Waals surface area contributed by atoms with Gasteiger partial charge in [0.05, 0.1) is 5.56 Å². The number of carbonyl (C=O) groups excluding carboxylic acids is 1. The third kappa shape index (κ3) is 3.20. The smallest absolute Gasteiger partial charge is 0.163 e. The van der Waals surface area contributed by atoms with Gasteiger partial charge in [0.15, 0.2) is 5.78 Å². The van der Waals surface area contributed by atoms with Gasteiger partial charge in [0.1, 0.15) is 5.82 Å². The molecule has 0 bridgehead atoms. The van der Waals surface area contributed by atoms with Crippen molar-refractivity contribution in [3.05, 3.63) is 58.2 Å². The first-order chi connectivity index (χ1) is 9.09. The molecule has 0 aliphatic heterocycles. The maximum Gasteiger partial charge on any atom is 0.163 e. The second-order valence-electron chi connectivity index (χ2n) is 4.38. The molecule has 0 atom stereocenters. The third-order valence-corrected chi connectivity index (χ3v) is 3.67. The zero-order valence-corrected chi connectivity index (χ0v) is 12.5. The van der Waals surface area contributed by atoms with Crippen molar-refractivity contribution in [2.24, 2.45) is 0 Å². The Kier molecular flexibility index (Phi) is 4.32. The van der Waals surface area contributed by atoms with Gasteiger partial charge in [-0.2, -0.15) is 0 Å². The molecule has 4 heteroatoms. The van der Waals surface area contributed by atoms with Crippen molar-refractivity contribution in [1.82, 2.24) is 4.98 Å². The highest BCUT2D eigenvalue weighted by Crippen LogP contribution is 2.22. The molecule has 0 saturated heterocycles. The SMILES string of the molecule is CC(=O)c1cccnc1N(C)Cc1ccccc1Br. The van der Waals surface area contributed by atoms with E-state index >= 15 is 0 Å². The highest BCUT2D eigenvalue weighted by molar-refractivity contribution is 9.10. The van der Waals surface area contributed by atoms with E-state index in [1.165, 1.54) is 0 Å². The molecule has 0 N–H and O–H groups in total. The minimum atomic E-state index is 0.0297. The van der Waals surface area contributed by atoms with E-state index in [4.69, 9.17) is 0 Å². The molecule has 2 aromatic rings. The Hall–Kier alpha value is -1.68. The highest BCUT2D eigenvalue weighted by atomic mass is 79.9. The number of pyridine rings is 1. The van der Waals surface area contributed by atoms with E-state index in [1.807, 2.05) is 30.1 Å². The molecule has 0 spiro atoms. The van der Waals surface area contributed by atoms with Crippen molar-refractivity contribution in [1.29, 1.82) is 0 Å². The summed E-state index contributed by atoms with van der Waals surface area (Å²) >= 11 is 3.53. The summed E-state index contributed by atoms with van der Waals surface area (Å²) in [6.07, 6.45) is 1.71. The third-order valence-electron chi connectivity index (χ3n) is 2.89. The van der Waals surface area contributed by atoms with Crippen LogP contribution in [0, 0.1) is 0 Å². The Bertz CT molecular complexity index is 598. The summed E-state index contributed by atoms with van der Waals surface area (Å²) in [5.74, 6) is 0.743. The lowest BCUT2D eigenvalue weighted by atomic mass is 10.1. The predicted octanol–water partition coefficient (Wildman–Crippen LogP) is 3.68. The van der Waals surface area contributed by atoms with Crippen molar-refractivity contribution in [2.45, 2.75) is 13.5 Å². The van der Waals surface area contributed by atoms with Crippen LogP contribution in [0.5, 0.6) is 0 Å². The van der Waals surface area contributed by atoms with Gasteiger partial charge < -0.3 is 4.90 Å². The van der Waals surface area contributed by atoms with Crippen LogP contribution in [-0.2, 0) is 6.54 Å². The number of anilines is 1. The molecule has 2 rings (SSSR count). The Morgan fingerprint density at radius 3 is 2.68 bits per heavy atom. The van der Waals surface area contributed by atoms with E-state index in [0.717, 1.165) is 10.0 Å². The van der Waals surface area contributed by atoms with Crippen LogP contribution in [0.25, 0.3) is 0 Å². The van der Waals surface area contributed by atoms with Crippen molar-refractivity contribution in [2.75, 3.05) is 11.9 Å². The van der Waals surface area contributed by atoms with Crippen molar-refractivity contribution in [3.8, 4) is 0 Å². The molecule has 1 heterocycles. The van der Waals surface area contributed by atoms with E-state index in [-0.39, 0.29) is 5.78 Å². The fourth-order valence-electron chi connectivity index (χ4n) is 1.93. The number of carbonyl (C=O) groups is 1. The molecule has 0 aliphatic carbocycles. The molecule has 19 heavy (non-hydrogen) atoms. The maximum absolute atomic E-state index is 11.6. The molecule has 0 unspecified atom stereocenters. The van der Waals surface area contributed by atoms with Crippen LogP contribution in [0.15, 0.2) is 47.1 Å². The van der Waals surface area contributed by atoms with Crippen LogP contribution < -0.4 is 4.90 Å². The molecule has 0 saturated carbocycles. The minimum absolute atomic E-state index is 0.0297. The number of Topliss-reactive ketones (excluding diaryl/α,β-unsaturated/α-hetero) is 1. The summed E-state index contributed by atoms with van der Waals surface area (Å²) in [7, 11) is 1.94. The molecule has 98 valence electrons. The van der Waals surface area contributed by atoms with Gasteiger partial charge in [0.2, 0.25) is 0 Å². The molecule has 0 radical (unpaired) electrons. The first-order valence-electron chi connectivity index (χ1n) is 6.00. The fraction of sp³-hybridized carbons (Fsp3) is 0.200. The highest BCUT2D eigenvalue weighted by Gasteiger charge is 2.13. The van der Waals surface area contributed by atoms with Crippen LogP contribution in [0.1, 0.15) is 22.8 Å². The lowest BCUT2D eigenvalue weighted by Gasteiger charge is -2.21. The van der Waals surface area contributed by atoms with E-state index in [9.17, 15) is 4.79 Å². The summed E-state index contributed by atoms with van der Waals surface area (Å²) in [6.45, 7) is 2.26. The topological polar surface area (TPSA) is 33.2 Å². The van der Waals surface area contributed by atoms with Crippen molar-refractivity contribution in [3.63, 3.8) is 0 Å². The van der Waals surface area contributed by atoms with Gasteiger partial charge in [-0.05, 0) is 30.7 Å². The molecule has 1 aromatic carbocycles. The molecular formula is C15H15BrN2O. The van der Waals surface area contributed by atoms with Gasteiger partial charge >= 0.3 is 0 Å². The predicted molar refractivity (Wildman–Crippen MR) is 80.5 cm³/mol. The minimum Gasteiger partial charge on any atom is -0.355 e. The number of halogens is 1. The quantitative estimate of drug-likeness (QED) is 0.806. The molecule has 0 aliphatic rings. The van der Waals surface area contributed by atoms with E-state index in [0.29, 0.717) is 17.9 Å². The lowest BCUT2D eigenvalue weighted by Crippen LogP contribution is -2.20. The molecule has 0 fully saturated rings. The van der Waals surface area contributed by atoms with Crippen LogP contribution in [0.3, 0.4) is 0 Å². The van der Waals surface area contributed by atoms with Crippen LogP contribution in [0.4, 0.5) is 5.82 Å². The Morgan fingerprint density at radius 2 is 2.00 bits per heavy atom. The van der Waals surface area contributed by atoms with Crippen molar-refractivity contribution < 1.29 is 4.79 Å². The molecular weight excluding hydrogens is 304 g/mol. The second kappa shape index (κ2) is 5.97. The van der Waals surface area contributed by atoms with Gasteiger partial charge in [-0.25, -0.2) is 4.98 Å². The number of nitrogens with zero attached hydrogens (tertiary/aromatic N) is 2. The lowest BCUT2D eigenvalue weighted by molar-refractivity contribution is 0.101. The average Bonchev–Trinajstić information content (AvgIpc) is 2.41. The van der Waals surface area contributed by atoms with Gasteiger partial charge in [-0.1, -0.05) is 34.1 Å². The Labute approximate surface area is 121 Å². The molecule has 0 amide bonds. The Morgan fingerprint density at radius 1 is 1.26 bits per heavy atom. The first kappa shape index (κ1) is 13.7. The van der Waals surface area contributed by atoms with Gasteiger partial charge in [0.25, 0.3) is 0 Å². The summed E-state index contributed by atoms with van der Waals surface area (Å²) in [5.41, 5.74) is 1.81. The zero-order chi connectivity index (χ0) is 13.8. The van der Waals surface area contributed by atoms with Gasteiger partial charge in [-0.3, -0.25) is 4.79 Å². The summed E-state index contributed by atoms with van der Waals surface area (Å²) < 4.78 is 1.06. The van der Waals surface area contributed by atoms with E-state index < -0.39 is 0 Å². The van der Waals surface area contributed by atoms with Crippen LogP contribution in [-0.4, -0.2) is 17.8 Å². The van der Waals surface area contributed by atoms with E-state index in [2.05, 4.69) is 27.0 Å². The Balaban J connectivity index is 2.28. The number of ketones is 1. The average molecular weight is 319 g/mol. The standard InChI is InChI=1S/C15H15BrN2O/c1-11(19)13-7-5-9-17-15(13)18(2)10-12-6-3-4-8-14(12)16/h3-9H,10H2,1-2H3. The van der Waals surface area contributed by atoms with E-state index in [1.54, 1.807) is 25.3 Å². The fourth-order valence-corrected chi connectivity index (χ4v) is 2.34. The van der Waals surface area contributed by atoms with Crippen LogP contribution >= 0.6 is 15.9 Å². The normalized spacial score (nSPS) is 10.3. The van der Waals surface area contributed by atoms with Crippen LogP contribution in [0.2, 0.25) is 0 Å². The first-order valence-corrected chi connectivity index (χ1v) is 6.79. The maximum atomic E-state index is 11.6. The number of hydrogen-bond donors (Lipinski definition) is 0. The number of rotatable bonds is 4. The number of aromatic nitrogens is 1. The zero-order valence-electron chi connectivity index (χ0n) is 10.9. The molecule has 3 nitrogen and oxygen atoms in total. The number of benzene rings is 1. The second-order valence-corrected chi connectivity index (χ2v) is 5.23.